The molecule has 0 unspecified atom stereocenters. The number of halogens is 4. The van der Waals surface area contributed by atoms with Gasteiger partial charge in [-0.2, -0.15) is 13.2 Å². The van der Waals surface area contributed by atoms with E-state index in [-0.39, 0.29) is 29.1 Å². The largest absolute Gasteiger partial charge is 0.491 e. The van der Waals surface area contributed by atoms with Gasteiger partial charge in [0.25, 0.3) is 10.0 Å². The van der Waals surface area contributed by atoms with Gasteiger partial charge >= 0.3 is 6.18 Å². The van der Waals surface area contributed by atoms with Gasteiger partial charge in [0.2, 0.25) is 5.91 Å². The fourth-order valence-corrected chi connectivity index (χ4v) is 5.33. The van der Waals surface area contributed by atoms with E-state index in [2.05, 4.69) is 5.32 Å². The van der Waals surface area contributed by atoms with Crippen molar-refractivity contribution in [3.63, 3.8) is 0 Å². The van der Waals surface area contributed by atoms with Crippen LogP contribution in [0.2, 0.25) is 5.02 Å². The number of sulfonamides is 1. The van der Waals surface area contributed by atoms with Crippen molar-refractivity contribution in [2.24, 2.45) is 0 Å². The van der Waals surface area contributed by atoms with Crippen LogP contribution in [-0.2, 0) is 26.4 Å². The summed E-state index contributed by atoms with van der Waals surface area (Å²) in [6, 6.07) is 17.3. The van der Waals surface area contributed by atoms with E-state index in [1.807, 2.05) is 45.0 Å². The minimum atomic E-state index is -4.82. The van der Waals surface area contributed by atoms with E-state index in [9.17, 15) is 26.4 Å². The number of nitrogens with one attached hydrogen (secondary N) is 1. The molecule has 0 radical (unpaired) electrons. The Kier molecular flexibility index (Phi) is 8.99. The summed E-state index contributed by atoms with van der Waals surface area (Å²) in [4.78, 5) is 12.6. The molecular formula is C27H28ClF3N2O4S. The molecule has 0 aliphatic carbocycles. The first-order valence-electron chi connectivity index (χ1n) is 11.6. The van der Waals surface area contributed by atoms with Crippen molar-refractivity contribution in [3.05, 3.63) is 88.9 Å². The second-order valence-corrected chi connectivity index (χ2v) is 11.7. The number of alkyl halides is 3. The van der Waals surface area contributed by atoms with Crippen molar-refractivity contribution < 1.29 is 31.1 Å². The lowest BCUT2D eigenvalue weighted by atomic mass is 9.86. The molecule has 0 atom stereocenters. The molecule has 0 saturated heterocycles. The van der Waals surface area contributed by atoms with Crippen LogP contribution < -0.4 is 14.4 Å². The third kappa shape index (κ3) is 7.20. The van der Waals surface area contributed by atoms with Gasteiger partial charge in [-0.05, 0) is 47.4 Å². The molecule has 0 aliphatic heterocycles. The van der Waals surface area contributed by atoms with Crippen molar-refractivity contribution in [1.29, 1.82) is 0 Å². The van der Waals surface area contributed by atoms with Crippen LogP contribution in [-0.4, -0.2) is 34.0 Å². The monoisotopic (exact) mass is 568 g/mol. The van der Waals surface area contributed by atoms with Gasteiger partial charge in [0.15, 0.2) is 0 Å². The fourth-order valence-electron chi connectivity index (χ4n) is 3.67. The van der Waals surface area contributed by atoms with Gasteiger partial charge in [-0.25, -0.2) is 8.42 Å². The predicted molar refractivity (Wildman–Crippen MR) is 141 cm³/mol. The number of ether oxygens (including phenoxy) is 1. The second-order valence-electron chi connectivity index (χ2n) is 9.43. The van der Waals surface area contributed by atoms with Crippen molar-refractivity contribution in [2.75, 3.05) is 24.0 Å². The molecule has 3 aromatic rings. The van der Waals surface area contributed by atoms with E-state index in [4.69, 9.17) is 16.3 Å². The van der Waals surface area contributed by atoms with Crippen LogP contribution >= 0.6 is 11.6 Å². The summed E-state index contributed by atoms with van der Waals surface area (Å²) in [5.41, 5.74) is -0.748. The molecule has 0 heterocycles. The summed E-state index contributed by atoms with van der Waals surface area (Å²) in [6.07, 6.45) is -4.82. The average molecular weight is 569 g/mol. The Morgan fingerprint density at radius 1 is 0.947 bits per heavy atom. The normalized spacial score (nSPS) is 12.2. The Morgan fingerprint density at radius 3 is 2.21 bits per heavy atom. The standard InChI is InChI=1S/C27H28ClF3N2O4S/c1-26(2,3)21-11-7-8-12-24(21)37-16-15-32-25(34)18-33(38(35,36)20-9-5-4-6-10-20)19-13-14-23(28)22(17-19)27(29,30)31/h4-14,17H,15-16,18H2,1-3H3,(H,32,34). The average Bonchev–Trinajstić information content (AvgIpc) is 2.85. The maximum atomic E-state index is 13.5. The molecule has 3 rings (SSSR count). The van der Waals surface area contributed by atoms with Gasteiger partial charge in [0.05, 0.1) is 27.7 Å². The van der Waals surface area contributed by atoms with E-state index in [1.165, 1.54) is 24.3 Å². The molecular weight excluding hydrogens is 541 g/mol. The minimum absolute atomic E-state index is 0.0466. The number of anilines is 1. The summed E-state index contributed by atoms with van der Waals surface area (Å²) < 4.78 is 73.6. The van der Waals surface area contributed by atoms with Crippen molar-refractivity contribution >= 4 is 33.2 Å². The van der Waals surface area contributed by atoms with Gasteiger partial charge in [0.1, 0.15) is 18.9 Å². The number of carbonyl (C=O) groups excluding carboxylic acids is 1. The van der Waals surface area contributed by atoms with E-state index in [0.717, 1.165) is 17.7 Å². The third-order valence-electron chi connectivity index (χ3n) is 5.54. The van der Waals surface area contributed by atoms with E-state index in [0.29, 0.717) is 16.1 Å². The molecule has 38 heavy (non-hydrogen) atoms. The number of carbonyl (C=O) groups is 1. The highest BCUT2D eigenvalue weighted by molar-refractivity contribution is 7.92. The number of para-hydroxylation sites is 1. The zero-order valence-electron chi connectivity index (χ0n) is 21.0. The van der Waals surface area contributed by atoms with Crippen LogP contribution in [0.5, 0.6) is 5.75 Å². The predicted octanol–water partition coefficient (Wildman–Crippen LogP) is 6.05. The first-order valence-corrected chi connectivity index (χ1v) is 13.5. The SMILES string of the molecule is CC(C)(C)c1ccccc1OCCNC(=O)CN(c1ccc(Cl)c(C(F)(F)F)c1)S(=O)(=O)c1ccccc1. The molecule has 0 saturated carbocycles. The molecule has 0 bridgehead atoms. The molecule has 1 N–H and O–H groups in total. The van der Waals surface area contributed by atoms with E-state index >= 15 is 0 Å². The minimum Gasteiger partial charge on any atom is -0.491 e. The zero-order valence-corrected chi connectivity index (χ0v) is 22.6. The molecule has 0 aliphatic rings. The van der Waals surface area contributed by atoms with Gasteiger partial charge in [-0.1, -0.05) is 68.8 Å². The topological polar surface area (TPSA) is 75.7 Å². The maximum absolute atomic E-state index is 13.5. The maximum Gasteiger partial charge on any atom is 0.417 e. The quantitative estimate of drug-likeness (QED) is 0.319. The van der Waals surface area contributed by atoms with Gasteiger partial charge in [0, 0.05) is 0 Å². The highest BCUT2D eigenvalue weighted by Crippen LogP contribution is 2.38. The molecule has 0 aromatic heterocycles. The van der Waals surface area contributed by atoms with Gasteiger partial charge in [-0.3, -0.25) is 9.10 Å². The summed E-state index contributed by atoms with van der Waals surface area (Å²) in [7, 11) is -4.39. The smallest absolute Gasteiger partial charge is 0.417 e. The Morgan fingerprint density at radius 2 is 1.58 bits per heavy atom. The number of amides is 1. The number of nitrogens with zero attached hydrogens (tertiary/aromatic N) is 1. The number of rotatable bonds is 9. The highest BCUT2D eigenvalue weighted by Gasteiger charge is 2.35. The molecule has 204 valence electrons. The van der Waals surface area contributed by atoms with Crippen LogP contribution in [0.3, 0.4) is 0 Å². The molecule has 1 amide bonds. The molecule has 0 fully saturated rings. The van der Waals surface area contributed by atoms with Crippen LogP contribution in [0.15, 0.2) is 77.7 Å². The lowest BCUT2D eigenvalue weighted by molar-refractivity contribution is -0.137. The summed E-state index contributed by atoms with van der Waals surface area (Å²) >= 11 is 5.72. The molecule has 3 aromatic carbocycles. The summed E-state index contributed by atoms with van der Waals surface area (Å²) in [5, 5.41) is 1.99. The van der Waals surface area contributed by atoms with Crippen LogP contribution in [0.4, 0.5) is 18.9 Å². The van der Waals surface area contributed by atoms with Crippen molar-refractivity contribution in [1.82, 2.24) is 5.32 Å². The number of hydrogen-bond acceptors (Lipinski definition) is 4. The van der Waals surface area contributed by atoms with Crippen molar-refractivity contribution in [3.8, 4) is 5.75 Å². The third-order valence-corrected chi connectivity index (χ3v) is 7.66. The number of benzene rings is 3. The fraction of sp³-hybridized carbons (Fsp3) is 0.296. The molecule has 0 spiro atoms. The Bertz CT molecular complexity index is 1380. The summed E-state index contributed by atoms with van der Waals surface area (Å²) in [6.45, 7) is 5.52. The Hall–Kier alpha value is -3.24. The molecule has 11 heteroatoms. The first kappa shape index (κ1) is 29.3. The lowest BCUT2D eigenvalue weighted by Crippen LogP contribution is -2.42. The van der Waals surface area contributed by atoms with Crippen LogP contribution in [0, 0.1) is 0 Å². The summed E-state index contributed by atoms with van der Waals surface area (Å²) in [5.74, 6) is -0.0657. The van der Waals surface area contributed by atoms with E-state index < -0.39 is 39.2 Å². The van der Waals surface area contributed by atoms with Gasteiger partial charge in [-0.15, -0.1) is 0 Å². The lowest BCUT2D eigenvalue weighted by Gasteiger charge is -2.25. The van der Waals surface area contributed by atoms with Crippen LogP contribution in [0.1, 0.15) is 31.9 Å². The molecule has 6 nitrogen and oxygen atoms in total. The Labute approximate surface area is 225 Å². The number of hydrogen-bond donors (Lipinski definition) is 1. The zero-order chi connectivity index (χ0) is 28.1. The van der Waals surface area contributed by atoms with E-state index in [1.54, 1.807) is 6.07 Å². The Balaban J connectivity index is 1.79. The first-order chi connectivity index (χ1) is 17.7. The van der Waals surface area contributed by atoms with Crippen molar-refractivity contribution in [2.45, 2.75) is 37.3 Å². The van der Waals surface area contributed by atoms with Gasteiger partial charge < -0.3 is 10.1 Å². The van der Waals surface area contributed by atoms with Crippen LogP contribution in [0.25, 0.3) is 0 Å². The highest BCUT2D eigenvalue weighted by atomic mass is 35.5. The second kappa shape index (κ2) is 11.7.